The lowest BCUT2D eigenvalue weighted by Gasteiger charge is -2.27. The summed E-state index contributed by atoms with van der Waals surface area (Å²) in [6, 6.07) is 1.76. The number of nitrogens with two attached hydrogens (primary N) is 1. The summed E-state index contributed by atoms with van der Waals surface area (Å²) in [5, 5.41) is 2.08. The largest absolute Gasteiger partial charge is 0.384 e. The fourth-order valence-electron chi connectivity index (χ4n) is 1.75. The number of nitrogens with zero attached hydrogens (tertiary/aromatic N) is 3. The molecule has 2 heterocycles. The smallest absolute Gasteiger partial charge is 0.146 e. The normalized spacial score (nSPS) is 17.0. The lowest BCUT2D eigenvalue weighted by molar-refractivity contribution is 0.0495. The molecular formula is C11H19N5O. The molecule has 0 spiro atoms. The Morgan fingerprint density at radius 1 is 1.41 bits per heavy atom. The van der Waals surface area contributed by atoms with Gasteiger partial charge in [-0.2, -0.15) is 0 Å². The molecule has 6 nitrogen and oxygen atoms in total. The van der Waals surface area contributed by atoms with Crippen LogP contribution < -0.4 is 11.2 Å². The summed E-state index contributed by atoms with van der Waals surface area (Å²) >= 11 is 0. The molecule has 94 valence electrons. The maximum absolute atomic E-state index is 5.76. The Hall–Kier alpha value is -1.40. The van der Waals surface area contributed by atoms with Gasteiger partial charge in [-0.15, -0.1) is 0 Å². The van der Waals surface area contributed by atoms with Crippen LogP contribution in [-0.2, 0) is 11.2 Å². The van der Waals surface area contributed by atoms with Gasteiger partial charge >= 0.3 is 0 Å². The van der Waals surface area contributed by atoms with Crippen molar-refractivity contribution in [1.29, 1.82) is 0 Å². The molecule has 1 aromatic heterocycles. The zero-order chi connectivity index (χ0) is 12.1. The fourth-order valence-corrected chi connectivity index (χ4v) is 1.75. The molecule has 6 heteroatoms. The summed E-state index contributed by atoms with van der Waals surface area (Å²) in [6.07, 6.45) is 1.86. The molecule has 0 aromatic carbocycles. The average Bonchev–Trinajstić information content (AvgIpc) is 2.30. The van der Waals surface area contributed by atoms with Crippen LogP contribution in [0.3, 0.4) is 0 Å². The van der Waals surface area contributed by atoms with Crippen LogP contribution in [0.25, 0.3) is 0 Å². The number of anilines is 2. The Morgan fingerprint density at radius 2 is 2.18 bits per heavy atom. The summed E-state index contributed by atoms with van der Waals surface area (Å²) in [4.78, 5) is 8.63. The highest BCUT2D eigenvalue weighted by Gasteiger charge is 2.11. The van der Waals surface area contributed by atoms with Crippen molar-refractivity contribution in [3.63, 3.8) is 0 Å². The maximum atomic E-state index is 5.76. The first-order chi connectivity index (χ1) is 8.28. The molecule has 1 aliphatic heterocycles. The number of nitrogen functional groups attached to an aromatic ring is 1. The van der Waals surface area contributed by atoms with Crippen molar-refractivity contribution in [2.24, 2.45) is 0 Å². The molecule has 1 aromatic rings. The fraction of sp³-hybridized carbons (Fsp3) is 0.636. The van der Waals surface area contributed by atoms with Crippen molar-refractivity contribution in [2.45, 2.75) is 19.8 Å². The predicted octanol–water partition coefficient (Wildman–Crippen LogP) is 0.670. The molecule has 0 atom stereocenters. The van der Waals surface area contributed by atoms with E-state index < -0.39 is 0 Å². The molecule has 0 unspecified atom stereocenters. The third-order valence-electron chi connectivity index (χ3n) is 2.55. The van der Waals surface area contributed by atoms with Crippen molar-refractivity contribution in [3.8, 4) is 0 Å². The van der Waals surface area contributed by atoms with Crippen LogP contribution in [0.5, 0.6) is 0 Å². The van der Waals surface area contributed by atoms with Gasteiger partial charge in [0.1, 0.15) is 17.5 Å². The number of nitrogens with one attached hydrogen (secondary N) is 1. The first-order valence-electron chi connectivity index (χ1n) is 6.00. The molecule has 0 amide bonds. The van der Waals surface area contributed by atoms with Crippen LogP contribution in [0.2, 0.25) is 0 Å². The van der Waals surface area contributed by atoms with E-state index in [1.54, 1.807) is 6.07 Å². The van der Waals surface area contributed by atoms with Crippen molar-refractivity contribution in [2.75, 3.05) is 37.5 Å². The van der Waals surface area contributed by atoms with E-state index in [1.165, 1.54) is 0 Å². The second-order valence-corrected chi connectivity index (χ2v) is 4.06. The van der Waals surface area contributed by atoms with Crippen LogP contribution in [0.4, 0.5) is 11.6 Å². The van der Waals surface area contributed by atoms with E-state index in [4.69, 9.17) is 10.5 Å². The number of hydrogen-bond donors (Lipinski definition) is 2. The van der Waals surface area contributed by atoms with Gasteiger partial charge in [0.15, 0.2) is 0 Å². The van der Waals surface area contributed by atoms with E-state index in [2.05, 4.69) is 27.3 Å². The number of rotatable bonds is 4. The summed E-state index contributed by atoms with van der Waals surface area (Å²) in [6.45, 7) is 5.30. The first kappa shape index (κ1) is 12.1. The Morgan fingerprint density at radius 3 is 2.88 bits per heavy atom. The monoisotopic (exact) mass is 237 g/mol. The van der Waals surface area contributed by atoms with E-state index in [1.807, 2.05) is 0 Å². The zero-order valence-electron chi connectivity index (χ0n) is 10.1. The van der Waals surface area contributed by atoms with E-state index in [-0.39, 0.29) is 0 Å². The predicted molar refractivity (Wildman–Crippen MR) is 66.5 cm³/mol. The molecule has 17 heavy (non-hydrogen) atoms. The molecule has 0 radical (unpaired) electrons. The van der Waals surface area contributed by atoms with Crippen LogP contribution in [0, 0.1) is 0 Å². The molecule has 2 rings (SSSR count). The first-order valence-corrected chi connectivity index (χ1v) is 6.00. The minimum absolute atomic E-state index is 0.513. The van der Waals surface area contributed by atoms with Gasteiger partial charge in [-0.3, -0.25) is 0 Å². The van der Waals surface area contributed by atoms with E-state index in [0.29, 0.717) is 5.82 Å². The summed E-state index contributed by atoms with van der Waals surface area (Å²) < 4.78 is 5.28. The van der Waals surface area contributed by atoms with Crippen molar-refractivity contribution >= 4 is 11.6 Å². The number of aromatic nitrogens is 2. The third kappa shape index (κ3) is 3.54. The Labute approximate surface area is 101 Å². The molecule has 1 fully saturated rings. The van der Waals surface area contributed by atoms with Crippen LogP contribution in [0.15, 0.2) is 6.07 Å². The van der Waals surface area contributed by atoms with Gasteiger partial charge in [0.25, 0.3) is 0 Å². The third-order valence-corrected chi connectivity index (χ3v) is 2.55. The van der Waals surface area contributed by atoms with Gasteiger partial charge in [0.2, 0.25) is 0 Å². The van der Waals surface area contributed by atoms with Crippen LogP contribution in [0.1, 0.15) is 19.2 Å². The van der Waals surface area contributed by atoms with Gasteiger partial charge in [-0.1, -0.05) is 6.92 Å². The number of morpholine rings is 1. The molecule has 0 saturated carbocycles. The van der Waals surface area contributed by atoms with Crippen molar-refractivity contribution in [1.82, 2.24) is 15.0 Å². The highest BCUT2D eigenvalue weighted by atomic mass is 16.5. The Kier molecular flexibility index (Phi) is 4.11. The number of hydrogen-bond acceptors (Lipinski definition) is 6. The standard InChI is InChI=1S/C11H19N5O/c1-2-3-10-13-9(12)8-11(14-10)15-16-4-6-17-7-5-16/h8H,2-7H2,1H3,(H3,12,13,14,15). The summed E-state index contributed by atoms with van der Waals surface area (Å²) in [5.74, 6) is 2.07. The van der Waals surface area contributed by atoms with Gasteiger partial charge < -0.3 is 15.9 Å². The lowest BCUT2D eigenvalue weighted by atomic mass is 10.3. The van der Waals surface area contributed by atoms with Crippen molar-refractivity contribution < 1.29 is 4.74 Å². The topological polar surface area (TPSA) is 76.3 Å². The van der Waals surface area contributed by atoms with Crippen LogP contribution >= 0.6 is 0 Å². The summed E-state index contributed by atoms with van der Waals surface area (Å²) in [7, 11) is 0. The quantitative estimate of drug-likeness (QED) is 0.801. The molecule has 0 aliphatic carbocycles. The molecular weight excluding hydrogens is 218 g/mol. The minimum Gasteiger partial charge on any atom is -0.384 e. The summed E-state index contributed by atoms with van der Waals surface area (Å²) in [5.41, 5.74) is 9.00. The second-order valence-electron chi connectivity index (χ2n) is 4.06. The molecule has 0 bridgehead atoms. The highest BCUT2D eigenvalue weighted by molar-refractivity contribution is 5.44. The molecule has 1 aliphatic rings. The Balaban J connectivity index is 2.03. The number of aryl methyl sites for hydroxylation is 1. The SMILES string of the molecule is CCCc1nc(N)cc(NN2CCOCC2)n1. The number of hydrazine groups is 1. The minimum atomic E-state index is 0.513. The van der Waals surface area contributed by atoms with Gasteiger partial charge in [-0.25, -0.2) is 15.0 Å². The van der Waals surface area contributed by atoms with Gasteiger partial charge in [-0.05, 0) is 6.42 Å². The maximum Gasteiger partial charge on any atom is 0.146 e. The van der Waals surface area contributed by atoms with Crippen molar-refractivity contribution in [3.05, 3.63) is 11.9 Å². The van der Waals surface area contributed by atoms with Gasteiger partial charge in [0.05, 0.1) is 13.2 Å². The number of ether oxygens (including phenoxy) is 1. The Bertz CT molecular complexity index is 365. The highest BCUT2D eigenvalue weighted by Crippen LogP contribution is 2.11. The second kappa shape index (κ2) is 5.79. The van der Waals surface area contributed by atoms with Crippen LogP contribution in [-0.4, -0.2) is 41.3 Å². The van der Waals surface area contributed by atoms with E-state index >= 15 is 0 Å². The van der Waals surface area contributed by atoms with E-state index in [0.717, 1.165) is 50.8 Å². The molecule has 1 saturated heterocycles. The van der Waals surface area contributed by atoms with E-state index in [9.17, 15) is 0 Å². The average molecular weight is 237 g/mol. The lowest BCUT2D eigenvalue weighted by Crippen LogP contribution is -2.40. The molecule has 3 N–H and O–H groups in total. The van der Waals surface area contributed by atoms with Gasteiger partial charge in [0, 0.05) is 25.6 Å². The zero-order valence-corrected chi connectivity index (χ0v) is 10.1.